The summed E-state index contributed by atoms with van der Waals surface area (Å²) in [6.07, 6.45) is 1.93. The molecule has 0 unspecified atom stereocenters. The quantitative estimate of drug-likeness (QED) is 0.414. The van der Waals surface area contributed by atoms with Crippen LogP contribution in [0, 0.1) is 10.1 Å². The first-order chi connectivity index (χ1) is 12.6. The summed E-state index contributed by atoms with van der Waals surface area (Å²) in [6.45, 7) is 1.82. The molecule has 1 aromatic heterocycles. The molecule has 0 aliphatic heterocycles. The van der Waals surface area contributed by atoms with E-state index in [1.807, 2.05) is 31.2 Å². The number of rotatable bonds is 6. The minimum absolute atomic E-state index is 0.0349. The maximum absolute atomic E-state index is 12.0. The van der Waals surface area contributed by atoms with Gasteiger partial charge in [-0.25, -0.2) is 10.1 Å². The van der Waals surface area contributed by atoms with E-state index in [-0.39, 0.29) is 18.1 Å². The number of hydrogen-bond acceptors (Lipinski definition) is 6. The van der Waals surface area contributed by atoms with Crippen molar-refractivity contribution in [1.82, 2.24) is 20.4 Å². The molecule has 0 bridgehead atoms. The summed E-state index contributed by atoms with van der Waals surface area (Å²) in [4.78, 5) is 22.6. The normalized spacial score (nSPS) is 11.1. The molecule has 3 rings (SSSR count). The Morgan fingerprint density at radius 1 is 1.35 bits per heavy atom. The molecule has 3 aromatic rings. The van der Waals surface area contributed by atoms with Gasteiger partial charge in [0.25, 0.3) is 11.6 Å². The van der Waals surface area contributed by atoms with Gasteiger partial charge in [-0.2, -0.15) is 5.10 Å². The molecular weight excluding hydrogens is 336 g/mol. The minimum atomic E-state index is -0.426. The first kappa shape index (κ1) is 17.2. The first-order valence-corrected chi connectivity index (χ1v) is 7.96. The minimum Gasteiger partial charge on any atom is -0.271 e. The monoisotopic (exact) mass is 352 g/mol. The lowest BCUT2D eigenvalue weighted by Crippen LogP contribution is -2.23. The molecule has 0 spiro atoms. The fourth-order valence-corrected chi connectivity index (χ4v) is 2.51. The molecule has 0 saturated carbocycles. The Balaban J connectivity index is 1.66. The van der Waals surface area contributed by atoms with Crippen molar-refractivity contribution in [2.24, 2.45) is 5.10 Å². The van der Waals surface area contributed by atoms with Gasteiger partial charge in [-0.15, -0.1) is 5.10 Å². The summed E-state index contributed by atoms with van der Waals surface area (Å²) >= 11 is 0. The molecule has 0 atom stereocenters. The number of hydrazone groups is 1. The number of aromatic nitrogens is 3. The lowest BCUT2D eigenvalue weighted by molar-refractivity contribution is -0.385. The number of nitro groups is 1. The molecule has 9 nitrogen and oxygen atoms in total. The van der Waals surface area contributed by atoms with Gasteiger partial charge in [0.1, 0.15) is 12.1 Å². The Morgan fingerprint density at radius 2 is 2.15 bits per heavy atom. The van der Waals surface area contributed by atoms with E-state index in [2.05, 4.69) is 20.8 Å². The summed E-state index contributed by atoms with van der Waals surface area (Å²) < 4.78 is 1.47. The molecule has 0 aliphatic carbocycles. The van der Waals surface area contributed by atoms with Crippen molar-refractivity contribution >= 4 is 28.8 Å². The van der Waals surface area contributed by atoms with E-state index in [1.165, 1.54) is 17.0 Å². The Bertz CT molecular complexity index is 995. The Hall–Kier alpha value is -3.62. The number of aryl methyl sites for hydroxylation is 1. The van der Waals surface area contributed by atoms with Gasteiger partial charge in [-0.1, -0.05) is 36.4 Å². The average Bonchev–Trinajstić information content (AvgIpc) is 3.04. The van der Waals surface area contributed by atoms with Crippen molar-refractivity contribution in [3.63, 3.8) is 0 Å². The summed E-state index contributed by atoms with van der Waals surface area (Å²) in [7, 11) is 0. The maximum Gasteiger partial charge on any atom is 0.273 e. The Labute approximate surface area is 148 Å². The fourth-order valence-electron chi connectivity index (χ4n) is 2.51. The van der Waals surface area contributed by atoms with Crippen molar-refractivity contribution in [2.75, 3.05) is 0 Å². The Morgan fingerprint density at radius 3 is 2.92 bits per heavy atom. The van der Waals surface area contributed by atoms with Crippen LogP contribution in [0.5, 0.6) is 0 Å². The molecule has 1 heterocycles. The zero-order valence-electron chi connectivity index (χ0n) is 14.0. The Kier molecular flexibility index (Phi) is 4.97. The van der Waals surface area contributed by atoms with Crippen molar-refractivity contribution in [3.8, 4) is 0 Å². The molecular formula is C17H16N6O3. The van der Waals surface area contributed by atoms with Crippen LogP contribution >= 0.6 is 0 Å². The summed E-state index contributed by atoms with van der Waals surface area (Å²) in [5.41, 5.74) is 5.05. The highest BCUT2D eigenvalue weighted by Gasteiger charge is 2.12. The highest BCUT2D eigenvalue weighted by atomic mass is 16.6. The summed E-state index contributed by atoms with van der Waals surface area (Å²) in [5.74, 6) is -0.378. The standard InChI is InChI=1S/C17H16N6O3/c1-2-13-8-7-12(9-16(13)23(25)26)10-18-20-17(24)11-22-15-6-4-3-5-14(15)19-21-22/h3-10H,2,11H2,1H3,(H,20,24)/b18-10-. The SMILES string of the molecule is CCc1ccc(/C=N\NC(=O)Cn2nnc3ccccc32)cc1[N+](=O)[O-]. The third-order valence-corrected chi connectivity index (χ3v) is 3.80. The van der Waals surface area contributed by atoms with E-state index in [0.717, 1.165) is 5.52 Å². The second-order valence-corrected chi connectivity index (χ2v) is 5.53. The molecule has 1 amide bonds. The van der Waals surface area contributed by atoms with Crippen molar-refractivity contribution in [3.05, 3.63) is 63.7 Å². The highest BCUT2D eigenvalue weighted by Crippen LogP contribution is 2.20. The predicted octanol–water partition coefficient (Wildman–Crippen LogP) is 2.05. The van der Waals surface area contributed by atoms with Gasteiger partial charge in [0, 0.05) is 17.2 Å². The second-order valence-electron chi connectivity index (χ2n) is 5.53. The van der Waals surface area contributed by atoms with Crippen LogP contribution in [0.4, 0.5) is 5.69 Å². The molecule has 2 aromatic carbocycles. The lowest BCUT2D eigenvalue weighted by Gasteiger charge is -2.02. The maximum atomic E-state index is 12.0. The predicted molar refractivity (Wildman–Crippen MR) is 95.7 cm³/mol. The number of nitro benzene ring substituents is 1. The van der Waals surface area contributed by atoms with E-state index in [1.54, 1.807) is 12.1 Å². The van der Waals surface area contributed by atoms with Crippen LogP contribution in [0.25, 0.3) is 11.0 Å². The summed E-state index contributed by atoms with van der Waals surface area (Å²) in [5, 5.41) is 22.8. The van der Waals surface area contributed by atoms with Crippen molar-refractivity contribution < 1.29 is 9.72 Å². The molecule has 0 aliphatic rings. The highest BCUT2D eigenvalue weighted by molar-refractivity contribution is 5.84. The van der Waals surface area contributed by atoms with Gasteiger partial charge in [0.15, 0.2) is 0 Å². The van der Waals surface area contributed by atoms with Crippen LogP contribution in [0.2, 0.25) is 0 Å². The number of nitrogens with zero attached hydrogens (tertiary/aromatic N) is 5. The van der Waals surface area contributed by atoms with Crippen LogP contribution in [0.1, 0.15) is 18.1 Å². The van der Waals surface area contributed by atoms with E-state index in [9.17, 15) is 14.9 Å². The lowest BCUT2D eigenvalue weighted by atomic mass is 10.1. The average molecular weight is 352 g/mol. The van der Waals surface area contributed by atoms with Crippen LogP contribution in [0.15, 0.2) is 47.6 Å². The zero-order chi connectivity index (χ0) is 18.5. The second kappa shape index (κ2) is 7.51. The zero-order valence-corrected chi connectivity index (χ0v) is 14.0. The number of hydrogen-bond donors (Lipinski definition) is 1. The first-order valence-electron chi connectivity index (χ1n) is 7.96. The van der Waals surface area contributed by atoms with E-state index in [0.29, 0.717) is 23.1 Å². The fraction of sp³-hybridized carbons (Fsp3) is 0.176. The molecule has 26 heavy (non-hydrogen) atoms. The van der Waals surface area contributed by atoms with Gasteiger partial charge in [0.05, 0.1) is 16.7 Å². The molecule has 9 heteroatoms. The van der Waals surface area contributed by atoms with Gasteiger partial charge < -0.3 is 0 Å². The van der Waals surface area contributed by atoms with Gasteiger partial charge in [-0.05, 0) is 18.6 Å². The topological polar surface area (TPSA) is 115 Å². The number of carbonyl (C=O) groups is 1. The van der Waals surface area contributed by atoms with Gasteiger partial charge in [0.2, 0.25) is 0 Å². The van der Waals surface area contributed by atoms with Crippen molar-refractivity contribution in [1.29, 1.82) is 0 Å². The van der Waals surface area contributed by atoms with E-state index >= 15 is 0 Å². The summed E-state index contributed by atoms with van der Waals surface area (Å²) in [6, 6.07) is 12.1. The molecule has 0 saturated heterocycles. The van der Waals surface area contributed by atoms with Crippen LogP contribution in [-0.4, -0.2) is 32.0 Å². The van der Waals surface area contributed by atoms with Crippen LogP contribution < -0.4 is 5.43 Å². The van der Waals surface area contributed by atoms with Gasteiger partial charge in [-0.3, -0.25) is 14.9 Å². The smallest absolute Gasteiger partial charge is 0.271 e. The third kappa shape index (κ3) is 3.72. The number of para-hydroxylation sites is 1. The van der Waals surface area contributed by atoms with Crippen LogP contribution in [-0.2, 0) is 17.8 Å². The number of benzene rings is 2. The van der Waals surface area contributed by atoms with E-state index in [4.69, 9.17) is 0 Å². The third-order valence-electron chi connectivity index (χ3n) is 3.80. The number of carbonyl (C=O) groups excluding carboxylic acids is 1. The van der Waals surface area contributed by atoms with E-state index < -0.39 is 4.92 Å². The molecule has 0 fully saturated rings. The van der Waals surface area contributed by atoms with Crippen LogP contribution in [0.3, 0.4) is 0 Å². The number of amides is 1. The largest absolute Gasteiger partial charge is 0.273 e. The molecule has 0 radical (unpaired) electrons. The number of fused-ring (bicyclic) bond motifs is 1. The van der Waals surface area contributed by atoms with Gasteiger partial charge >= 0.3 is 0 Å². The number of nitrogens with one attached hydrogen (secondary N) is 1. The van der Waals surface area contributed by atoms with Crippen molar-refractivity contribution in [2.45, 2.75) is 19.9 Å². The molecule has 132 valence electrons. The molecule has 1 N–H and O–H groups in total.